The smallest absolute Gasteiger partial charge is 0.355 e. The number of benzene rings is 1. The van der Waals surface area contributed by atoms with Crippen LogP contribution in [0.25, 0.3) is 0 Å². The predicted octanol–water partition coefficient (Wildman–Crippen LogP) is 2.47. The lowest BCUT2D eigenvalue weighted by molar-refractivity contribution is -0.139. The Morgan fingerprint density at radius 2 is 1.64 bits per heavy atom. The number of carbonyl (C=O) groups excluding carboxylic acids is 2. The molecule has 2 rings (SSSR count). The highest BCUT2D eigenvalue weighted by atomic mass is 32.1. The highest BCUT2D eigenvalue weighted by molar-refractivity contribution is 7.80. The van der Waals surface area contributed by atoms with Gasteiger partial charge in [-0.3, -0.25) is 0 Å². The van der Waals surface area contributed by atoms with Crippen LogP contribution in [-0.2, 0) is 19.1 Å². The molecule has 0 fully saturated rings. The van der Waals surface area contributed by atoms with Crippen LogP contribution in [0.2, 0.25) is 0 Å². The number of rotatable bonds is 3. The van der Waals surface area contributed by atoms with Crippen molar-refractivity contribution in [3.8, 4) is 0 Å². The number of esters is 2. The third kappa shape index (κ3) is 3.23. The van der Waals surface area contributed by atoms with E-state index in [-0.39, 0.29) is 11.3 Å². The lowest BCUT2D eigenvalue weighted by Crippen LogP contribution is -2.26. The standard InChI is InChI=1S/C16H15NO4S/c1-20-15(18)13-5-3-4-10-17(14(13)16(19)21-2)11-6-8-12(22)9-7-11/h3-10,22H,1-2H3. The summed E-state index contributed by atoms with van der Waals surface area (Å²) in [7, 11) is 2.52. The molecule has 0 saturated heterocycles. The van der Waals surface area contributed by atoms with Gasteiger partial charge in [0.1, 0.15) is 5.70 Å². The van der Waals surface area contributed by atoms with Gasteiger partial charge in [0.2, 0.25) is 0 Å². The van der Waals surface area contributed by atoms with Crippen molar-refractivity contribution in [1.82, 2.24) is 0 Å². The van der Waals surface area contributed by atoms with Gasteiger partial charge in [0.15, 0.2) is 0 Å². The molecule has 0 aliphatic carbocycles. The fourth-order valence-electron chi connectivity index (χ4n) is 1.98. The molecule has 0 aromatic heterocycles. The molecule has 0 N–H and O–H groups in total. The fourth-order valence-corrected chi connectivity index (χ4v) is 2.13. The first-order chi connectivity index (χ1) is 10.6. The zero-order valence-electron chi connectivity index (χ0n) is 12.1. The number of hydrogen-bond acceptors (Lipinski definition) is 6. The van der Waals surface area contributed by atoms with Gasteiger partial charge in [-0.05, 0) is 36.4 Å². The van der Waals surface area contributed by atoms with Gasteiger partial charge in [-0.1, -0.05) is 6.08 Å². The van der Waals surface area contributed by atoms with Crippen molar-refractivity contribution in [3.05, 3.63) is 60.0 Å². The van der Waals surface area contributed by atoms with Crippen LogP contribution in [0.3, 0.4) is 0 Å². The van der Waals surface area contributed by atoms with E-state index in [9.17, 15) is 9.59 Å². The number of anilines is 1. The molecule has 0 unspecified atom stereocenters. The number of nitrogens with zero attached hydrogens (tertiary/aromatic N) is 1. The Morgan fingerprint density at radius 3 is 2.23 bits per heavy atom. The molecule has 0 amide bonds. The maximum Gasteiger partial charge on any atom is 0.355 e. The number of allylic oxidation sites excluding steroid dienone is 2. The quantitative estimate of drug-likeness (QED) is 0.685. The highest BCUT2D eigenvalue weighted by Crippen LogP contribution is 2.26. The van der Waals surface area contributed by atoms with E-state index in [1.165, 1.54) is 20.3 Å². The van der Waals surface area contributed by atoms with Gasteiger partial charge in [-0.2, -0.15) is 0 Å². The summed E-state index contributed by atoms with van der Waals surface area (Å²) in [5.41, 5.74) is 0.903. The Bertz CT molecular complexity index is 674. The largest absolute Gasteiger partial charge is 0.465 e. The maximum atomic E-state index is 12.2. The third-order valence-electron chi connectivity index (χ3n) is 3.02. The van der Waals surface area contributed by atoms with E-state index in [2.05, 4.69) is 12.6 Å². The molecule has 6 heteroatoms. The Labute approximate surface area is 133 Å². The molecule has 5 nitrogen and oxygen atoms in total. The van der Waals surface area contributed by atoms with Gasteiger partial charge in [0.25, 0.3) is 0 Å². The Balaban J connectivity index is 2.61. The Morgan fingerprint density at radius 1 is 1.00 bits per heavy atom. The topological polar surface area (TPSA) is 55.8 Å². The average Bonchev–Trinajstić information content (AvgIpc) is 2.77. The first kappa shape index (κ1) is 15.9. The zero-order valence-corrected chi connectivity index (χ0v) is 13.0. The second kappa shape index (κ2) is 7.00. The Kier molecular flexibility index (Phi) is 5.06. The maximum absolute atomic E-state index is 12.2. The molecule has 0 spiro atoms. The molecule has 0 atom stereocenters. The minimum Gasteiger partial charge on any atom is -0.465 e. The molecular formula is C16H15NO4S. The van der Waals surface area contributed by atoms with Gasteiger partial charge < -0.3 is 14.4 Å². The summed E-state index contributed by atoms with van der Waals surface area (Å²) in [6.07, 6.45) is 6.56. The summed E-state index contributed by atoms with van der Waals surface area (Å²) in [6.45, 7) is 0. The second-order valence-electron chi connectivity index (χ2n) is 4.33. The van der Waals surface area contributed by atoms with Gasteiger partial charge in [-0.15, -0.1) is 12.6 Å². The number of methoxy groups -OCH3 is 2. The van der Waals surface area contributed by atoms with Crippen molar-refractivity contribution in [2.75, 3.05) is 19.1 Å². The molecule has 22 heavy (non-hydrogen) atoms. The fraction of sp³-hybridized carbons (Fsp3) is 0.125. The van der Waals surface area contributed by atoms with E-state index in [1.807, 2.05) is 0 Å². The van der Waals surface area contributed by atoms with E-state index >= 15 is 0 Å². The first-order valence-electron chi connectivity index (χ1n) is 6.42. The van der Waals surface area contributed by atoms with E-state index in [4.69, 9.17) is 9.47 Å². The minimum absolute atomic E-state index is 0.0891. The predicted molar refractivity (Wildman–Crippen MR) is 85.5 cm³/mol. The van der Waals surface area contributed by atoms with Crippen LogP contribution in [0.4, 0.5) is 5.69 Å². The number of carbonyl (C=O) groups is 2. The minimum atomic E-state index is -0.633. The summed E-state index contributed by atoms with van der Waals surface area (Å²) in [4.78, 5) is 26.5. The molecule has 1 aromatic carbocycles. The monoisotopic (exact) mass is 317 g/mol. The summed E-state index contributed by atoms with van der Waals surface area (Å²) >= 11 is 4.24. The summed E-state index contributed by atoms with van der Waals surface area (Å²) < 4.78 is 9.57. The van der Waals surface area contributed by atoms with Crippen molar-refractivity contribution in [2.45, 2.75) is 4.90 Å². The van der Waals surface area contributed by atoms with E-state index in [1.54, 1.807) is 47.5 Å². The van der Waals surface area contributed by atoms with Gasteiger partial charge in [0.05, 0.1) is 19.8 Å². The second-order valence-corrected chi connectivity index (χ2v) is 4.85. The molecule has 1 aliphatic rings. The van der Waals surface area contributed by atoms with Crippen LogP contribution >= 0.6 is 12.6 Å². The highest BCUT2D eigenvalue weighted by Gasteiger charge is 2.27. The van der Waals surface area contributed by atoms with Gasteiger partial charge in [0, 0.05) is 16.8 Å². The van der Waals surface area contributed by atoms with Crippen LogP contribution in [-0.4, -0.2) is 26.2 Å². The van der Waals surface area contributed by atoms with Gasteiger partial charge >= 0.3 is 11.9 Å². The van der Waals surface area contributed by atoms with Crippen molar-refractivity contribution < 1.29 is 19.1 Å². The number of hydrogen-bond donors (Lipinski definition) is 1. The summed E-state index contributed by atoms with van der Waals surface area (Å²) in [5, 5.41) is 0. The third-order valence-corrected chi connectivity index (χ3v) is 3.32. The van der Waals surface area contributed by atoms with Crippen LogP contribution < -0.4 is 4.90 Å². The summed E-state index contributed by atoms with van der Waals surface area (Å²) in [6, 6.07) is 7.15. The number of ether oxygens (including phenoxy) is 2. The van der Waals surface area contributed by atoms with E-state index < -0.39 is 11.9 Å². The normalized spacial score (nSPS) is 13.9. The van der Waals surface area contributed by atoms with E-state index in [0.29, 0.717) is 5.69 Å². The SMILES string of the molecule is COC(=O)C1=C(C(=O)OC)N(c2ccc(S)cc2)C=CC=C1. The van der Waals surface area contributed by atoms with Crippen molar-refractivity contribution in [2.24, 2.45) is 0 Å². The van der Waals surface area contributed by atoms with Crippen LogP contribution in [0.1, 0.15) is 0 Å². The van der Waals surface area contributed by atoms with E-state index in [0.717, 1.165) is 4.90 Å². The van der Waals surface area contributed by atoms with Crippen molar-refractivity contribution in [3.63, 3.8) is 0 Å². The summed E-state index contributed by atoms with van der Waals surface area (Å²) in [5.74, 6) is -1.25. The lowest BCUT2D eigenvalue weighted by atomic mass is 10.1. The van der Waals surface area contributed by atoms with Crippen LogP contribution in [0.5, 0.6) is 0 Å². The molecule has 1 aliphatic heterocycles. The molecule has 0 bridgehead atoms. The lowest BCUT2D eigenvalue weighted by Gasteiger charge is -2.23. The molecule has 0 saturated carbocycles. The van der Waals surface area contributed by atoms with Crippen LogP contribution in [0.15, 0.2) is 64.9 Å². The molecule has 0 radical (unpaired) electrons. The zero-order chi connectivity index (χ0) is 16.1. The average molecular weight is 317 g/mol. The van der Waals surface area contributed by atoms with Crippen molar-refractivity contribution in [1.29, 1.82) is 0 Å². The Hall–Kier alpha value is -2.47. The van der Waals surface area contributed by atoms with Crippen molar-refractivity contribution >= 4 is 30.3 Å². The van der Waals surface area contributed by atoms with Crippen LogP contribution in [0, 0.1) is 0 Å². The number of thiol groups is 1. The molecule has 1 heterocycles. The molecule has 114 valence electrons. The molecular weight excluding hydrogens is 302 g/mol. The molecule has 1 aromatic rings. The first-order valence-corrected chi connectivity index (χ1v) is 6.87. The van der Waals surface area contributed by atoms with Gasteiger partial charge in [-0.25, -0.2) is 9.59 Å².